The average molecular weight is 409 g/mol. The van der Waals surface area contributed by atoms with Crippen molar-refractivity contribution in [2.75, 3.05) is 31.1 Å². The number of hydrogen-bond donors (Lipinski definition) is 0. The predicted molar refractivity (Wildman–Crippen MR) is 102 cm³/mol. The zero-order valence-corrected chi connectivity index (χ0v) is 15.9. The van der Waals surface area contributed by atoms with Gasteiger partial charge in [0.25, 0.3) is 5.91 Å². The highest BCUT2D eigenvalue weighted by Crippen LogP contribution is 2.32. The molecule has 3 aromatic rings. The molecule has 0 aliphatic carbocycles. The molecule has 0 aromatic carbocycles. The summed E-state index contributed by atoms with van der Waals surface area (Å²) in [6, 6.07) is 5.36. The number of carbonyl (C=O) groups excluding carboxylic acids is 1. The molecule has 1 aliphatic heterocycles. The number of piperazine rings is 1. The molecule has 0 saturated carbocycles. The number of amides is 1. The molecule has 0 spiro atoms. The first kappa shape index (κ1) is 17.3. The molecule has 1 aliphatic rings. The van der Waals surface area contributed by atoms with Crippen LogP contribution in [0.25, 0.3) is 5.82 Å². The van der Waals surface area contributed by atoms with E-state index in [9.17, 15) is 4.79 Å². The van der Waals surface area contributed by atoms with Gasteiger partial charge in [0.05, 0.1) is 9.90 Å². The topological polar surface area (TPSA) is 67.2 Å². The second kappa shape index (κ2) is 7.22. The van der Waals surface area contributed by atoms with Crippen LogP contribution >= 0.6 is 34.5 Å². The number of carbonyl (C=O) groups is 1. The molecule has 134 valence electrons. The monoisotopic (exact) mass is 408 g/mol. The van der Waals surface area contributed by atoms with Crippen molar-refractivity contribution in [1.82, 2.24) is 24.6 Å². The van der Waals surface area contributed by atoms with Crippen LogP contribution in [0.15, 0.2) is 36.9 Å². The van der Waals surface area contributed by atoms with Crippen LogP contribution in [0.3, 0.4) is 0 Å². The second-order valence-electron chi connectivity index (χ2n) is 5.70. The lowest BCUT2D eigenvalue weighted by atomic mass is 10.2. The fourth-order valence-electron chi connectivity index (χ4n) is 2.83. The van der Waals surface area contributed by atoms with Crippen molar-refractivity contribution in [3.8, 4) is 5.82 Å². The van der Waals surface area contributed by atoms with Crippen LogP contribution in [-0.4, -0.2) is 56.7 Å². The maximum Gasteiger partial charge on any atom is 0.256 e. The third kappa shape index (κ3) is 3.40. The number of anilines is 1. The van der Waals surface area contributed by atoms with E-state index in [0.717, 1.165) is 5.82 Å². The van der Waals surface area contributed by atoms with Crippen molar-refractivity contribution < 1.29 is 4.79 Å². The van der Waals surface area contributed by atoms with Crippen molar-refractivity contribution in [2.24, 2.45) is 0 Å². The fourth-order valence-corrected chi connectivity index (χ4v) is 4.28. The van der Waals surface area contributed by atoms with Crippen molar-refractivity contribution in [3.05, 3.63) is 51.2 Å². The highest BCUT2D eigenvalue weighted by molar-refractivity contribution is 7.20. The molecule has 1 saturated heterocycles. The Kier molecular flexibility index (Phi) is 4.80. The van der Waals surface area contributed by atoms with Crippen LogP contribution in [0, 0.1) is 0 Å². The summed E-state index contributed by atoms with van der Waals surface area (Å²) in [6.45, 7) is 2.53. The van der Waals surface area contributed by atoms with E-state index in [-0.39, 0.29) is 5.91 Å². The van der Waals surface area contributed by atoms with Crippen LogP contribution in [0.1, 0.15) is 10.4 Å². The number of hydrogen-bond acceptors (Lipinski definition) is 6. The molecule has 4 rings (SSSR count). The number of halogens is 2. The van der Waals surface area contributed by atoms with Gasteiger partial charge in [-0.05, 0) is 12.1 Å². The zero-order valence-electron chi connectivity index (χ0n) is 13.5. The SMILES string of the molecule is O=C(c1cc(Cl)sc1Cl)N1CCN(c2cc(-n3cccn3)ncn2)CC1. The maximum absolute atomic E-state index is 12.6. The first-order valence-electron chi connectivity index (χ1n) is 7.93. The van der Waals surface area contributed by atoms with Gasteiger partial charge in [-0.3, -0.25) is 4.79 Å². The third-order valence-electron chi connectivity index (χ3n) is 4.16. The maximum atomic E-state index is 12.6. The molecule has 26 heavy (non-hydrogen) atoms. The highest BCUT2D eigenvalue weighted by Gasteiger charge is 2.25. The van der Waals surface area contributed by atoms with Crippen molar-refractivity contribution in [3.63, 3.8) is 0 Å². The van der Waals surface area contributed by atoms with Gasteiger partial charge in [0, 0.05) is 44.6 Å². The van der Waals surface area contributed by atoms with Gasteiger partial charge in [-0.2, -0.15) is 5.10 Å². The number of aromatic nitrogens is 4. The van der Waals surface area contributed by atoms with E-state index in [1.165, 1.54) is 17.7 Å². The first-order valence-corrected chi connectivity index (χ1v) is 9.50. The molecule has 0 bridgehead atoms. The number of rotatable bonds is 3. The normalized spacial score (nSPS) is 14.7. The Morgan fingerprint density at radius 1 is 1.08 bits per heavy atom. The molecule has 3 aromatic heterocycles. The largest absolute Gasteiger partial charge is 0.353 e. The smallest absolute Gasteiger partial charge is 0.256 e. The Labute approximate surface area is 163 Å². The Balaban J connectivity index is 1.45. The van der Waals surface area contributed by atoms with Gasteiger partial charge in [0.1, 0.15) is 16.5 Å². The second-order valence-corrected chi connectivity index (χ2v) is 7.99. The van der Waals surface area contributed by atoms with Crippen LogP contribution in [0.5, 0.6) is 0 Å². The van der Waals surface area contributed by atoms with Gasteiger partial charge < -0.3 is 9.80 Å². The predicted octanol–water partition coefficient (Wildman–Crippen LogP) is 2.99. The summed E-state index contributed by atoms with van der Waals surface area (Å²) >= 11 is 13.3. The van der Waals surface area contributed by atoms with Gasteiger partial charge in [-0.15, -0.1) is 11.3 Å². The van der Waals surface area contributed by atoms with Crippen molar-refractivity contribution >= 4 is 46.3 Å². The highest BCUT2D eigenvalue weighted by atomic mass is 35.5. The molecule has 10 heteroatoms. The van der Waals surface area contributed by atoms with E-state index >= 15 is 0 Å². The first-order chi connectivity index (χ1) is 12.6. The molecule has 0 radical (unpaired) electrons. The minimum absolute atomic E-state index is 0.0854. The van der Waals surface area contributed by atoms with E-state index in [2.05, 4.69) is 20.0 Å². The standard InChI is InChI=1S/C16H14Cl2N6OS/c17-12-8-11(15(18)26-12)16(25)23-6-4-22(5-7-23)13-9-14(20-10-19-13)24-3-1-2-21-24/h1-3,8-10H,4-7H2. The Bertz CT molecular complexity index is 921. The van der Waals surface area contributed by atoms with Gasteiger partial charge in [0.2, 0.25) is 0 Å². The number of nitrogens with zero attached hydrogens (tertiary/aromatic N) is 6. The summed E-state index contributed by atoms with van der Waals surface area (Å²) in [5, 5.41) is 4.18. The van der Waals surface area contributed by atoms with Crippen LogP contribution in [0.4, 0.5) is 5.82 Å². The van der Waals surface area contributed by atoms with Gasteiger partial charge >= 0.3 is 0 Å². The molecule has 7 nitrogen and oxygen atoms in total. The van der Waals surface area contributed by atoms with E-state index in [1.807, 2.05) is 18.3 Å². The van der Waals surface area contributed by atoms with E-state index < -0.39 is 0 Å². The fraction of sp³-hybridized carbons (Fsp3) is 0.250. The molecule has 0 atom stereocenters. The minimum atomic E-state index is -0.0854. The Morgan fingerprint density at radius 2 is 1.85 bits per heavy atom. The summed E-state index contributed by atoms with van der Waals surface area (Å²) < 4.78 is 2.64. The quantitative estimate of drug-likeness (QED) is 0.666. The van der Waals surface area contributed by atoms with Gasteiger partial charge in [-0.25, -0.2) is 14.6 Å². The lowest BCUT2D eigenvalue weighted by Gasteiger charge is -2.35. The lowest BCUT2D eigenvalue weighted by molar-refractivity contribution is 0.0747. The molecule has 1 fully saturated rings. The summed E-state index contributed by atoms with van der Waals surface area (Å²) in [5.41, 5.74) is 0.470. The van der Waals surface area contributed by atoms with Gasteiger partial charge in [-0.1, -0.05) is 23.2 Å². The van der Waals surface area contributed by atoms with Gasteiger partial charge in [0.15, 0.2) is 5.82 Å². The molecule has 0 unspecified atom stereocenters. The van der Waals surface area contributed by atoms with Crippen molar-refractivity contribution in [1.29, 1.82) is 0 Å². The zero-order chi connectivity index (χ0) is 18.1. The molecule has 1 amide bonds. The summed E-state index contributed by atoms with van der Waals surface area (Å²) in [4.78, 5) is 25.1. The van der Waals surface area contributed by atoms with Crippen LogP contribution in [-0.2, 0) is 0 Å². The minimum Gasteiger partial charge on any atom is -0.353 e. The van der Waals surface area contributed by atoms with E-state index in [4.69, 9.17) is 23.2 Å². The Morgan fingerprint density at radius 3 is 2.50 bits per heavy atom. The summed E-state index contributed by atoms with van der Waals surface area (Å²) in [6.07, 6.45) is 5.06. The molecule has 0 N–H and O–H groups in total. The van der Waals surface area contributed by atoms with Crippen LogP contribution in [0.2, 0.25) is 8.67 Å². The molecular weight excluding hydrogens is 395 g/mol. The van der Waals surface area contributed by atoms with Crippen molar-refractivity contribution in [2.45, 2.75) is 0 Å². The lowest BCUT2D eigenvalue weighted by Crippen LogP contribution is -2.49. The van der Waals surface area contributed by atoms with Crippen LogP contribution < -0.4 is 4.90 Å². The Hall–Kier alpha value is -2.16. The summed E-state index contributed by atoms with van der Waals surface area (Å²) in [7, 11) is 0. The number of thiophene rings is 1. The average Bonchev–Trinajstić information content (AvgIpc) is 3.31. The summed E-state index contributed by atoms with van der Waals surface area (Å²) in [5.74, 6) is 1.44. The molecular formula is C16H14Cl2N6OS. The molecule has 4 heterocycles. The van der Waals surface area contributed by atoms with E-state index in [0.29, 0.717) is 46.2 Å². The third-order valence-corrected chi connectivity index (χ3v) is 5.64. The van der Waals surface area contributed by atoms with E-state index in [1.54, 1.807) is 21.8 Å².